The van der Waals surface area contributed by atoms with E-state index in [0.717, 1.165) is 5.56 Å². The molecule has 0 aliphatic carbocycles. The SMILES string of the molecule is COCC(O)CN(C)C(=O)C(C)C(N)c1ccccc1. The van der Waals surface area contributed by atoms with Gasteiger partial charge in [0.2, 0.25) is 5.91 Å². The first-order valence-corrected chi connectivity index (χ1v) is 6.69. The fourth-order valence-corrected chi connectivity index (χ4v) is 2.12. The topological polar surface area (TPSA) is 75.8 Å². The van der Waals surface area contributed by atoms with E-state index in [1.54, 1.807) is 14.0 Å². The van der Waals surface area contributed by atoms with Crippen molar-refractivity contribution >= 4 is 5.91 Å². The minimum atomic E-state index is -0.686. The van der Waals surface area contributed by atoms with Crippen LogP contribution in [0.4, 0.5) is 0 Å². The summed E-state index contributed by atoms with van der Waals surface area (Å²) in [6, 6.07) is 9.18. The lowest BCUT2D eigenvalue weighted by Crippen LogP contribution is -2.41. The molecule has 0 aliphatic heterocycles. The quantitative estimate of drug-likeness (QED) is 0.774. The number of nitrogens with two attached hydrogens (primary N) is 1. The van der Waals surface area contributed by atoms with Crippen molar-refractivity contribution in [2.24, 2.45) is 11.7 Å². The maximum Gasteiger partial charge on any atom is 0.227 e. The van der Waals surface area contributed by atoms with Crippen LogP contribution in [0, 0.1) is 5.92 Å². The highest BCUT2D eigenvalue weighted by atomic mass is 16.5. The van der Waals surface area contributed by atoms with Crippen molar-refractivity contribution in [3.8, 4) is 0 Å². The summed E-state index contributed by atoms with van der Waals surface area (Å²) < 4.78 is 4.85. The Bertz CT molecular complexity index is 411. The molecule has 0 heterocycles. The summed E-state index contributed by atoms with van der Waals surface area (Å²) in [5, 5.41) is 9.66. The molecule has 0 aliphatic rings. The van der Waals surface area contributed by atoms with Crippen LogP contribution < -0.4 is 5.73 Å². The van der Waals surface area contributed by atoms with Gasteiger partial charge in [-0.2, -0.15) is 0 Å². The number of likely N-dealkylation sites (N-methyl/N-ethyl adjacent to an activating group) is 1. The molecule has 1 amide bonds. The summed E-state index contributed by atoms with van der Waals surface area (Å²) in [5.74, 6) is -0.436. The molecule has 3 N–H and O–H groups in total. The van der Waals surface area contributed by atoms with E-state index < -0.39 is 6.10 Å². The zero-order valence-electron chi connectivity index (χ0n) is 12.3. The number of benzene rings is 1. The first kappa shape index (κ1) is 16.6. The van der Waals surface area contributed by atoms with E-state index in [0.29, 0.717) is 0 Å². The number of rotatable bonds is 7. The summed E-state index contributed by atoms with van der Waals surface area (Å²) in [7, 11) is 3.18. The Labute approximate surface area is 120 Å². The number of hydrogen-bond acceptors (Lipinski definition) is 4. The summed E-state index contributed by atoms with van der Waals surface area (Å²) in [6.45, 7) is 2.24. The molecule has 0 aromatic heterocycles. The number of carbonyl (C=O) groups is 1. The Balaban J connectivity index is 2.62. The number of carbonyl (C=O) groups excluding carboxylic acids is 1. The van der Waals surface area contributed by atoms with Gasteiger partial charge in [0.15, 0.2) is 0 Å². The molecule has 0 spiro atoms. The van der Waals surface area contributed by atoms with Crippen LogP contribution in [-0.2, 0) is 9.53 Å². The number of amides is 1. The number of methoxy groups -OCH3 is 1. The molecule has 5 nitrogen and oxygen atoms in total. The minimum Gasteiger partial charge on any atom is -0.389 e. The summed E-state index contributed by atoms with van der Waals surface area (Å²) in [5.41, 5.74) is 7.06. The van der Waals surface area contributed by atoms with Gasteiger partial charge in [-0.3, -0.25) is 4.79 Å². The molecule has 1 aromatic carbocycles. The molecule has 0 saturated heterocycles. The van der Waals surface area contributed by atoms with Gasteiger partial charge in [0.1, 0.15) is 0 Å². The van der Waals surface area contributed by atoms with E-state index in [-0.39, 0.29) is 31.0 Å². The van der Waals surface area contributed by atoms with Gasteiger partial charge in [0, 0.05) is 26.7 Å². The standard InChI is InChI=1S/C15H24N2O3/c1-11(14(16)12-7-5-4-6-8-12)15(19)17(2)9-13(18)10-20-3/h4-8,11,13-14,18H,9-10,16H2,1-3H3. The van der Waals surface area contributed by atoms with Crippen LogP contribution in [-0.4, -0.2) is 49.3 Å². The van der Waals surface area contributed by atoms with Crippen molar-refractivity contribution in [3.63, 3.8) is 0 Å². The molecule has 0 saturated carbocycles. The Morgan fingerprint density at radius 3 is 2.55 bits per heavy atom. The predicted octanol–water partition coefficient (Wildman–Crippen LogP) is 0.788. The molecule has 3 unspecified atom stereocenters. The Morgan fingerprint density at radius 2 is 2.00 bits per heavy atom. The predicted molar refractivity (Wildman–Crippen MR) is 78.1 cm³/mol. The number of aliphatic hydroxyl groups is 1. The van der Waals surface area contributed by atoms with E-state index in [2.05, 4.69) is 0 Å². The normalized spacial score (nSPS) is 15.4. The molecule has 0 bridgehead atoms. The zero-order valence-corrected chi connectivity index (χ0v) is 12.3. The second-order valence-electron chi connectivity index (χ2n) is 5.05. The van der Waals surface area contributed by atoms with Crippen molar-refractivity contribution in [1.82, 2.24) is 4.90 Å². The number of hydrogen-bond donors (Lipinski definition) is 2. The molecule has 0 fully saturated rings. The van der Waals surface area contributed by atoms with Gasteiger partial charge in [0.25, 0.3) is 0 Å². The van der Waals surface area contributed by atoms with E-state index in [1.807, 2.05) is 30.3 Å². The molecule has 0 radical (unpaired) electrons. The van der Waals surface area contributed by atoms with Crippen LogP contribution in [0.1, 0.15) is 18.5 Å². The first-order chi connectivity index (χ1) is 9.47. The summed E-state index contributed by atoms with van der Waals surface area (Å²) in [6.07, 6.45) is -0.686. The summed E-state index contributed by atoms with van der Waals surface area (Å²) >= 11 is 0. The van der Waals surface area contributed by atoms with Gasteiger partial charge in [-0.15, -0.1) is 0 Å². The highest BCUT2D eigenvalue weighted by Crippen LogP contribution is 2.20. The molecule has 3 atom stereocenters. The molecule has 1 aromatic rings. The minimum absolute atomic E-state index is 0.0866. The third kappa shape index (κ3) is 4.59. The maximum atomic E-state index is 12.3. The lowest BCUT2D eigenvalue weighted by atomic mass is 9.94. The first-order valence-electron chi connectivity index (χ1n) is 6.69. The lowest BCUT2D eigenvalue weighted by molar-refractivity contribution is -0.136. The second kappa shape index (κ2) is 7.99. The van der Waals surface area contributed by atoms with Crippen molar-refractivity contribution in [3.05, 3.63) is 35.9 Å². The van der Waals surface area contributed by atoms with Crippen LogP contribution in [0.25, 0.3) is 0 Å². The van der Waals surface area contributed by atoms with Crippen molar-refractivity contribution in [2.45, 2.75) is 19.1 Å². The Morgan fingerprint density at radius 1 is 1.40 bits per heavy atom. The maximum absolute atomic E-state index is 12.3. The fraction of sp³-hybridized carbons (Fsp3) is 0.533. The molecule has 20 heavy (non-hydrogen) atoms. The average Bonchev–Trinajstić information content (AvgIpc) is 2.46. The number of nitrogens with zero attached hydrogens (tertiary/aromatic N) is 1. The Hall–Kier alpha value is -1.43. The van der Waals surface area contributed by atoms with Crippen LogP contribution in [0.3, 0.4) is 0 Å². The van der Waals surface area contributed by atoms with Gasteiger partial charge in [-0.25, -0.2) is 0 Å². The number of aliphatic hydroxyl groups excluding tert-OH is 1. The molecule has 5 heteroatoms. The molecular weight excluding hydrogens is 256 g/mol. The van der Waals surface area contributed by atoms with Crippen LogP contribution >= 0.6 is 0 Å². The fourth-order valence-electron chi connectivity index (χ4n) is 2.12. The van der Waals surface area contributed by atoms with E-state index in [4.69, 9.17) is 10.5 Å². The van der Waals surface area contributed by atoms with E-state index in [9.17, 15) is 9.90 Å². The van der Waals surface area contributed by atoms with Crippen molar-refractivity contribution in [1.29, 1.82) is 0 Å². The summed E-state index contributed by atoms with van der Waals surface area (Å²) in [4.78, 5) is 13.8. The van der Waals surface area contributed by atoms with Crippen LogP contribution in [0.2, 0.25) is 0 Å². The van der Waals surface area contributed by atoms with Gasteiger partial charge in [-0.1, -0.05) is 37.3 Å². The number of ether oxygens (including phenoxy) is 1. The highest BCUT2D eigenvalue weighted by molar-refractivity contribution is 5.79. The van der Waals surface area contributed by atoms with E-state index >= 15 is 0 Å². The average molecular weight is 280 g/mol. The third-order valence-corrected chi connectivity index (χ3v) is 3.33. The third-order valence-electron chi connectivity index (χ3n) is 3.33. The van der Waals surface area contributed by atoms with Crippen molar-refractivity contribution in [2.75, 3.05) is 27.3 Å². The largest absolute Gasteiger partial charge is 0.389 e. The van der Waals surface area contributed by atoms with Crippen molar-refractivity contribution < 1.29 is 14.6 Å². The lowest BCUT2D eigenvalue weighted by Gasteiger charge is -2.27. The molecule has 1 rings (SSSR count). The van der Waals surface area contributed by atoms with Crippen LogP contribution in [0.15, 0.2) is 30.3 Å². The molecule has 112 valence electrons. The van der Waals surface area contributed by atoms with Gasteiger partial charge < -0.3 is 20.5 Å². The van der Waals surface area contributed by atoms with Gasteiger partial charge >= 0.3 is 0 Å². The Kier molecular flexibility index (Phi) is 6.64. The highest BCUT2D eigenvalue weighted by Gasteiger charge is 2.25. The smallest absolute Gasteiger partial charge is 0.227 e. The monoisotopic (exact) mass is 280 g/mol. The zero-order chi connectivity index (χ0) is 15.1. The van der Waals surface area contributed by atoms with Crippen LogP contribution in [0.5, 0.6) is 0 Å². The van der Waals surface area contributed by atoms with E-state index in [1.165, 1.54) is 12.0 Å². The molecular formula is C15H24N2O3. The van der Waals surface area contributed by atoms with Gasteiger partial charge in [-0.05, 0) is 5.56 Å². The van der Waals surface area contributed by atoms with Gasteiger partial charge in [0.05, 0.1) is 18.6 Å². The second-order valence-corrected chi connectivity index (χ2v) is 5.05.